The van der Waals surface area contributed by atoms with E-state index in [9.17, 15) is 0 Å². The maximum absolute atomic E-state index is 6.00. The van der Waals surface area contributed by atoms with Gasteiger partial charge in [-0.1, -0.05) is 48.0 Å². The standard InChI is InChI=1S/C16H18ClN/c1-12-6-3-4-7-15(12)11-18-13(2)14-8-5-9-16(17)10-14/h3-10,13,18H,11H2,1-2H3/t13-/m0/s1. The summed E-state index contributed by atoms with van der Waals surface area (Å²) >= 11 is 6.00. The molecule has 0 spiro atoms. The van der Waals surface area contributed by atoms with Gasteiger partial charge in [0.1, 0.15) is 0 Å². The van der Waals surface area contributed by atoms with Gasteiger partial charge >= 0.3 is 0 Å². The van der Waals surface area contributed by atoms with Crippen LogP contribution in [0.3, 0.4) is 0 Å². The molecule has 0 aliphatic rings. The number of hydrogen-bond donors (Lipinski definition) is 1. The molecular weight excluding hydrogens is 242 g/mol. The Morgan fingerprint density at radius 3 is 2.61 bits per heavy atom. The number of hydrogen-bond acceptors (Lipinski definition) is 1. The van der Waals surface area contributed by atoms with E-state index in [-0.39, 0.29) is 0 Å². The molecule has 0 saturated heterocycles. The highest BCUT2D eigenvalue weighted by Gasteiger charge is 2.05. The smallest absolute Gasteiger partial charge is 0.0409 e. The number of rotatable bonds is 4. The van der Waals surface area contributed by atoms with Gasteiger partial charge in [-0.05, 0) is 42.7 Å². The van der Waals surface area contributed by atoms with Crippen molar-refractivity contribution >= 4 is 11.6 Å². The van der Waals surface area contributed by atoms with Crippen LogP contribution in [-0.4, -0.2) is 0 Å². The molecule has 1 atom stereocenters. The normalized spacial score (nSPS) is 12.4. The Hall–Kier alpha value is -1.31. The van der Waals surface area contributed by atoms with Gasteiger partial charge in [0.05, 0.1) is 0 Å². The van der Waals surface area contributed by atoms with Gasteiger partial charge in [0.2, 0.25) is 0 Å². The lowest BCUT2D eigenvalue weighted by Gasteiger charge is -2.15. The van der Waals surface area contributed by atoms with E-state index >= 15 is 0 Å². The Morgan fingerprint density at radius 2 is 1.89 bits per heavy atom. The van der Waals surface area contributed by atoms with Gasteiger partial charge in [0.25, 0.3) is 0 Å². The number of aryl methyl sites for hydroxylation is 1. The van der Waals surface area contributed by atoms with E-state index in [0.717, 1.165) is 11.6 Å². The molecule has 0 aliphatic heterocycles. The Balaban J connectivity index is 2.00. The molecule has 2 aromatic rings. The van der Waals surface area contributed by atoms with Crippen LogP contribution in [0.15, 0.2) is 48.5 Å². The van der Waals surface area contributed by atoms with Crippen LogP contribution in [0.25, 0.3) is 0 Å². The number of nitrogens with one attached hydrogen (secondary N) is 1. The van der Waals surface area contributed by atoms with Gasteiger partial charge in [-0.3, -0.25) is 0 Å². The fourth-order valence-corrected chi connectivity index (χ4v) is 2.16. The van der Waals surface area contributed by atoms with Crippen molar-refractivity contribution in [3.63, 3.8) is 0 Å². The van der Waals surface area contributed by atoms with Crippen molar-refractivity contribution in [2.24, 2.45) is 0 Å². The number of halogens is 1. The summed E-state index contributed by atoms with van der Waals surface area (Å²) in [4.78, 5) is 0. The highest BCUT2D eigenvalue weighted by atomic mass is 35.5. The molecule has 2 heteroatoms. The molecule has 0 unspecified atom stereocenters. The Labute approximate surface area is 114 Å². The van der Waals surface area contributed by atoms with E-state index in [1.807, 2.05) is 18.2 Å². The van der Waals surface area contributed by atoms with Crippen LogP contribution in [0.5, 0.6) is 0 Å². The first-order valence-electron chi connectivity index (χ1n) is 6.20. The highest BCUT2D eigenvalue weighted by Crippen LogP contribution is 2.18. The second-order valence-corrected chi connectivity index (χ2v) is 5.02. The highest BCUT2D eigenvalue weighted by molar-refractivity contribution is 6.30. The number of benzene rings is 2. The Kier molecular flexibility index (Phi) is 4.40. The van der Waals surface area contributed by atoms with E-state index in [4.69, 9.17) is 11.6 Å². The zero-order valence-electron chi connectivity index (χ0n) is 10.8. The monoisotopic (exact) mass is 259 g/mol. The quantitative estimate of drug-likeness (QED) is 0.853. The van der Waals surface area contributed by atoms with E-state index in [1.165, 1.54) is 16.7 Å². The summed E-state index contributed by atoms with van der Waals surface area (Å²) in [6, 6.07) is 16.7. The lowest BCUT2D eigenvalue weighted by molar-refractivity contribution is 0.573. The largest absolute Gasteiger partial charge is 0.306 e. The van der Waals surface area contributed by atoms with Crippen molar-refractivity contribution in [1.29, 1.82) is 0 Å². The third kappa shape index (κ3) is 3.34. The van der Waals surface area contributed by atoms with Crippen LogP contribution in [-0.2, 0) is 6.54 Å². The Morgan fingerprint density at radius 1 is 1.11 bits per heavy atom. The van der Waals surface area contributed by atoms with Crippen LogP contribution >= 0.6 is 11.6 Å². The molecule has 94 valence electrons. The van der Waals surface area contributed by atoms with E-state index in [0.29, 0.717) is 6.04 Å². The van der Waals surface area contributed by atoms with E-state index in [2.05, 4.69) is 49.5 Å². The molecule has 0 aromatic heterocycles. The zero-order chi connectivity index (χ0) is 13.0. The van der Waals surface area contributed by atoms with Gasteiger partial charge < -0.3 is 5.32 Å². The van der Waals surface area contributed by atoms with Gasteiger partial charge in [-0.15, -0.1) is 0 Å². The SMILES string of the molecule is Cc1ccccc1CN[C@@H](C)c1cccc(Cl)c1. The topological polar surface area (TPSA) is 12.0 Å². The summed E-state index contributed by atoms with van der Waals surface area (Å²) < 4.78 is 0. The van der Waals surface area contributed by atoms with E-state index in [1.54, 1.807) is 0 Å². The van der Waals surface area contributed by atoms with Gasteiger partial charge in [0, 0.05) is 17.6 Å². The second kappa shape index (κ2) is 6.03. The third-order valence-electron chi connectivity index (χ3n) is 3.21. The first-order chi connectivity index (χ1) is 8.66. The molecule has 0 aliphatic carbocycles. The van der Waals surface area contributed by atoms with Crippen LogP contribution in [0.1, 0.15) is 29.7 Å². The van der Waals surface area contributed by atoms with Crippen LogP contribution in [0.4, 0.5) is 0 Å². The average Bonchev–Trinajstić information content (AvgIpc) is 2.37. The predicted molar refractivity (Wildman–Crippen MR) is 77.9 cm³/mol. The van der Waals surface area contributed by atoms with Gasteiger partial charge in [-0.25, -0.2) is 0 Å². The minimum absolute atomic E-state index is 0.295. The lowest BCUT2D eigenvalue weighted by Crippen LogP contribution is -2.18. The molecule has 0 bridgehead atoms. The van der Waals surface area contributed by atoms with Crippen LogP contribution < -0.4 is 5.32 Å². The lowest BCUT2D eigenvalue weighted by atomic mass is 10.1. The first-order valence-corrected chi connectivity index (χ1v) is 6.58. The molecule has 0 saturated carbocycles. The molecular formula is C16H18ClN. The van der Waals surface area contributed by atoms with Gasteiger partial charge in [-0.2, -0.15) is 0 Å². The van der Waals surface area contributed by atoms with Crippen LogP contribution in [0, 0.1) is 6.92 Å². The van der Waals surface area contributed by atoms with Crippen molar-refractivity contribution in [3.8, 4) is 0 Å². The fraction of sp³-hybridized carbons (Fsp3) is 0.250. The Bertz CT molecular complexity index is 522. The summed E-state index contributed by atoms with van der Waals surface area (Å²) in [5, 5.41) is 4.31. The predicted octanol–water partition coefficient (Wildman–Crippen LogP) is 4.50. The molecule has 0 amide bonds. The van der Waals surface area contributed by atoms with Gasteiger partial charge in [0.15, 0.2) is 0 Å². The summed E-state index contributed by atoms with van der Waals surface area (Å²) in [5.41, 5.74) is 3.88. The first kappa shape index (κ1) is 13.1. The maximum Gasteiger partial charge on any atom is 0.0409 e. The third-order valence-corrected chi connectivity index (χ3v) is 3.44. The summed E-state index contributed by atoms with van der Waals surface area (Å²) in [6.45, 7) is 5.17. The minimum Gasteiger partial charge on any atom is -0.306 e. The summed E-state index contributed by atoms with van der Waals surface area (Å²) in [6.07, 6.45) is 0. The summed E-state index contributed by atoms with van der Waals surface area (Å²) in [7, 11) is 0. The molecule has 2 aromatic carbocycles. The molecule has 0 heterocycles. The van der Waals surface area contributed by atoms with Crippen molar-refractivity contribution in [2.75, 3.05) is 0 Å². The second-order valence-electron chi connectivity index (χ2n) is 4.58. The molecule has 1 nitrogen and oxygen atoms in total. The molecule has 0 fully saturated rings. The molecule has 2 rings (SSSR count). The van der Waals surface area contributed by atoms with Crippen molar-refractivity contribution in [2.45, 2.75) is 26.4 Å². The van der Waals surface area contributed by atoms with Crippen molar-refractivity contribution < 1.29 is 0 Å². The molecule has 18 heavy (non-hydrogen) atoms. The van der Waals surface area contributed by atoms with Crippen molar-refractivity contribution in [1.82, 2.24) is 5.32 Å². The maximum atomic E-state index is 6.00. The zero-order valence-corrected chi connectivity index (χ0v) is 11.5. The van der Waals surface area contributed by atoms with E-state index < -0.39 is 0 Å². The minimum atomic E-state index is 0.295. The fourth-order valence-electron chi connectivity index (χ4n) is 1.97. The van der Waals surface area contributed by atoms with Crippen molar-refractivity contribution in [3.05, 3.63) is 70.2 Å². The summed E-state index contributed by atoms with van der Waals surface area (Å²) in [5.74, 6) is 0. The van der Waals surface area contributed by atoms with Crippen LogP contribution in [0.2, 0.25) is 5.02 Å². The average molecular weight is 260 g/mol. The molecule has 1 N–H and O–H groups in total. The molecule has 0 radical (unpaired) electrons.